The van der Waals surface area contributed by atoms with Gasteiger partial charge in [-0.25, -0.2) is 4.79 Å². The minimum absolute atomic E-state index is 0.428. The summed E-state index contributed by atoms with van der Waals surface area (Å²) < 4.78 is 0. The number of rotatable bonds is 4. The van der Waals surface area contributed by atoms with Crippen LogP contribution in [0.2, 0.25) is 0 Å². The quantitative estimate of drug-likeness (QED) is 0.400. The summed E-state index contributed by atoms with van der Waals surface area (Å²) in [5.41, 5.74) is 8.90. The van der Waals surface area contributed by atoms with E-state index in [9.17, 15) is 9.59 Å². The normalized spacial score (nSPS) is 10.2. The molecule has 90 valence electrons. The molecular weight excluding hydrogens is 222 g/mol. The Morgan fingerprint density at radius 3 is 2.47 bits per heavy atom. The maximum atomic E-state index is 11.3. The Hall–Kier alpha value is -2.34. The second-order valence-electron chi connectivity index (χ2n) is 3.07. The van der Waals surface area contributed by atoms with Gasteiger partial charge >= 0.3 is 5.97 Å². The molecule has 1 amide bonds. The number of amides is 1. The molecule has 0 aliphatic rings. The first kappa shape index (κ1) is 12.7. The first-order chi connectivity index (χ1) is 8.11. The first-order valence-electron chi connectivity index (χ1n) is 4.84. The van der Waals surface area contributed by atoms with Gasteiger partial charge in [0.15, 0.2) is 0 Å². The van der Waals surface area contributed by atoms with E-state index in [4.69, 9.17) is 5.73 Å². The fourth-order valence-corrected chi connectivity index (χ4v) is 1.03. The zero-order valence-electron chi connectivity index (χ0n) is 9.27. The van der Waals surface area contributed by atoms with Gasteiger partial charge in [0.05, 0.1) is 0 Å². The molecule has 0 aromatic heterocycles. The van der Waals surface area contributed by atoms with E-state index in [1.807, 2.05) is 0 Å². The van der Waals surface area contributed by atoms with Crippen molar-refractivity contribution in [3.8, 4) is 0 Å². The van der Waals surface area contributed by atoms with Gasteiger partial charge in [-0.05, 0) is 24.3 Å². The standard InChI is InChI=1S/C11H13N3O3/c1-13-17-11(16)7-6-10(15)14-9-4-2-8(12)3-5-9/h2-7,13H,12H2,1H3,(H,14,15)/b7-6-. The van der Waals surface area contributed by atoms with Crippen molar-refractivity contribution in [2.45, 2.75) is 0 Å². The van der Waals surface area contributed by atoms with Crippen molar-refractivity contribution in [3.05, 3.63) is 36.4 Å². The second kappa shape index (κ2) is 6.29. The molecule has 0 aliphatic carbocycles. The lowest BCUT2D eigenvalue weighted by Gasteiger charge is -2.01. The van der Waals surface area contributed by atoms with Crippen LogP contribution in [0.1, 0.15) is 0 Å². The lowest BCUT2D eigenvalue weighted by Crippen LogP contribution is -2.14. The van der Waals surface area contributed by atoms with Crippen LogP contribution in [0.15, 0.2) is 36.4 Å². The lowest BCUT2D eigenvalue weighted by atomic mass is 10.3. The maximum Gasteiger partial charge on any atom is 0.349 e. The Morgan fingerprint density at radius 1 is 1.24 bits per heavy atom. The summed E-state index contributed by atoms with van der Waals surface area (Å²) in [6.45, 7) is 0. The van der Waals surface area contributed by atoms with Crippen molar-refractivity contribution in [1.29, 1.82) is 0 Å². The third kappa shape index (κ3) is 4.80. The van der Waals surface area contributed by atoms with Crippen molar-refractivity contribution in [2.24, 2.45) is 0 Å². The molecule has 0 bridgehead atoms. The number of hydroxylamine groups is 1. The van der Waals surface area contributed by atoms with Crippen LogP contribution in [0.25, 0.3) is 0 Å². The number of hydrogen-bond donors (Lipinski definition) is 3. The molecule has 1 aromatic carbocycles. The summed E-state index contributed by atoms with van der Waals surface area (Å²) in [6, 6.07) is 6.64. The van der Waals surface area contributed by atoms with E-state index in [2.05, 4.69) is 15.6 Å². The monoisotopic (exact) mass is 235 g/mol. The third-order valence-electron chi connectivity index (χ3n) is 1.75. The lowest BCUT2D eigenvalue weighted by molar-refractivity contribution is -0.143. The first-order valence-corrected chi connectivity index (χ1v) is 4.84. The molecule has 0 saturated heterocycles. The molecule has 17 heavy (non-hydrogen) atoms. The Morgan fingerprint density at radius 2 is 1.88 bits per heavy atom. The van der Waals surface area contributed by atoms with Gasteiger partial charge in [-0.15, -0.1) is 0 Å². The Bertz CT molecular complexity index is 426. The highest BCUT2D eigenvalue weighted by molar-refractivity contribution is 6.02. The molecule has 0 radical (unpaired) electrons. The molecule has 0 spiro atoms. The van der Waals surface area contributed by atoms with Crippen LogP contribution in [0, 0.1) is 0 Å². The number of nitrogens with two attached hydrogens (primary N) is 1. The molecule has 0 aliphatic heterocycles. The Kier molecular flexibility index (Phi) is 4.71. The van der Waals surface area contributed by atoms with Crippen molar-refractivity contribution >= 4 is 23.3 Å². The van der Waals surface area contributed by atoms with Crippen LogP contribution in [-0.2, 0) is 14.4 Å². The van der Waals surface area contributed by atoms with Crippen molar-refractivity contribution in [2.75, 3.05) is 18.1 Å². The van der Waals surface area contributed by atoms with Crippen molar-refractivity contribution in [1.82, 2.24) is 5.48 Å². The largest absolute Gasteiger partial charge is 0.399 e. The van der Waals surface area contributed by atoms with Crippen molar-refractivity contribution < 1.29 is 14.4 Å². The van der Waals surface area contributed by atoms with E-state index in [1.54, 1.807) is 24.3 Å². The fraction of sp³-hybridized carbons (Fsp3) is 0.0909. The van der Waals surface area contributed by atoms with Crippen LogP contribution in [0.4, 0.5) is 11.4 Å². The van der Waals surface area contributed by atoms with Gasteiger partial charge in [0, 0.05) is 30.6 Å². The summed E-state index contributed by atoms with van der Waals surface area (Å²) in [7, 11) is 1.44. The molecule has 0 fully saturated rings. The predicted octanol–water partition coefficient (Wildman–Crippen LogP) is 0.441. The van der Waals surface area contributed by atoms with Gasteiger partial charge in [-0.2, -0.15) is 5.48 Å². The summed E-state index contributed by atoms with van der Waals surface area (Å²) in [6.07, 6.45) is 2.10. The zero-order chi connectivity index (χ0) is 12.7. The molecule has 0 heterocycles. The molecule has 0 atom stereocenters. The van der Waals surface area contributed by atoms with Gasteiger partial charge < -0.3 is 15.9 Å². The molecule has 0 saturated carbocycles. The van der Waals surface area contributed by atoms with E-state index >= 15 is 0 Å². The summed E-state index contributed by atoms with van der Waals surface area (Å²) in [5.74, 6) is -1.08. The minimum Gasteiger partial charge on any atom is -0.399 e. The highest BCUT2D eigenvalue weighted by Gasteiger charge is 1.99. The molecule has 1 rings (SSSR count). The van der Waals surface area contributed by atoms with Gasteiger partial charge in [0.25, 0.3) is 0 Å². The third-order valence-corrected chi connectivity index (χ3v) is 1.75. The van der Waals surface area contributed by atoms with Gasteiger partial charge in [-0.3, -0.25) is 4.79 Å². The summed E-state index contributed by atoms with van der Waals surface area (Å²) in [5, 5.41) is 2.56. The predicted molar refractivity (Wildman–Crippen MR) is 63.8 cm³/mol. The molecule has 0 unspecified atom stereocenters. The van der Waals surface area contributed by atoms with Crippen molar-refractivity contribution in [3.63, 3.8) is 0 Å². The average molecular weight is 235 g/mol. The van der Waals surface area contributed by atoms with E-state index in [0.29, 0.717) is 11.4 Å². The van der Waals surface area contributed by atoms with E-state index in [1.165, 1.54) is 7.05 Å². The molecular formula is C11H13N3O3. The number of anilines is 2. The van der Waals surface area contributed by atoms with Crippen LogP contribution in [0.3, 0.4) is 0 Å². The average Bonchev–Trinajstić information content (AvgIpc) is 2.30. The second-order valence-corrected chi connectivity index (χ2v) is 3.07. The smallest absolute Gasteiger partial charge is 0.349 e. The Labute approximate surface area is 98.4 Å². The number of carbonyl (C=O) groups excluding carboxylic acids is 2. The zero-order valence-corrected chi connectivity index (χ0v) is 9.27. The SMILES string of the molecule is CNOC(=O)/C=C\C(=O)Nc1ccc(N)cc1. The maximum absolute atomic E-state index is 11.3. The van der Waals surface area contributed by atoms with Gasteiger partial charge in [-0.1, -0.05) is 0 Å². The van der Waals surface area contributed by atoms with Gasteiger partial charge in [0.2, 0.25) is 5.91 Å². The van der Waals surface area contributed by atoms with Crippen LogP contribution in [-0.4, -0.2) is 18.9 Å². The van der Waals surface area contributed by atoms with E-state index in [-0.39, 0.29) is 0 Å². The highest BCUT2D eigenvalue weighted by atomic mass is 16.7. The van der Waals surface area contributed by atoms with Crippen LogP contribution in [0.5, 0.6) is 0 Å². The summed E-state index contributed by atoms with van der Waals surface area (Å²) >= 11 is 0. The van der Waals surface area contributed by atoms with Crippen LogP contribution >= 0.6 is 0 Å². The molecule has 1 aromatic rings. The highest BCUT2D eigenvalue weighted by Crippen LogP contribution is 2.10. The van der Waals surface area contributed by atoms with Gasteiger partial charge in [0.1, 0.15) is 0 Å². The fourth-order valence-electron chi connectivity index (χ4n) is 1.03. The molecule has 6 nitrogen and oxygen atoms in total. The van der Waals surface area contributed by atoms with E-state index < -0.39 is 11.9 Å². The topological polar surface area (TPSA) is 93.4 Å². The molecule has 4 N–H and O–H groups in total. The molecule has 6 heteroatoms. The van der Waals surface area contributed by atoms with Crippen LogP contribution < -0.4 is 16.5 Å². The number of nitrogens with one attached hydrogen (secondary N) is 2. The van der Waals surface area contributed by atoms with E-state index in [0.717, 1.165) is 12.2 Å². The number of carbonyl (C=O) groups is 2. The number of nitrogen functional groups attached to an aromatic ring is 1. The number of hydrogen-bond acceptors (Lipinski definition) is 5. The summed E-state index contributed by atoms with van der Waals surface area (Å²) in [4.78, 5) is 26.6. The Balaban J connectivity index is 2.49. The minimum atomic E-state index is -0.653. The number of benzene rings is 1.